The Hall–Kier alpha value is -1.84. The molecule has 0 aliphatic carbocycles. The number of ether oxygens (including phenoxy) is 2. The van der Waals surface area contributed by atoms with Crippen LogP contribution in [0.15, 0.2) is 18.2 Å². The molecule has 1 aromatic rings. The molecule has 1 rings (SSSR count). The van der Waals surface area contributed by atoms with E-state index in [0.29, 0.717) is 12.4 Å². The highest BCUT2D eigenvalue weighted by Crippen LogP contribution is 2.20. The van der Waals surface area contributed by atoms with Crippen molar-refractivity contribution >= 4 is 11.8 Å². The quantitative estimate of drug-likeness (QED) is 0.446. The fourth-order valence-electron chi connectivity index (χ4n) is 1.37. The Morgan fingerprint density at radius 1 is 1.18 bits per heavy atom. The minimum Gasteiger partial charge on any atom is -0.494 e. The predicted molar refractivity (Wildman–Crippen MR) is 63.3 cm³/mol. The molecule has 0 N–H and O–H groups in total. The van der Waals surface area contributed by atoms with Gasteiger partial charge in [-0.3, -0.25) is 4.79 Å². The van der Waals surface area contributed by atoms with Crippen LogP contribution in [0.1, 0.15) is 29.8 Å². The number of hydrogen-bond acceptors (Lipinski definition) is 4. The van der Waals surface area contributed by atoms with Gasteiger partial charge in [0.15, 0.2) is 0 Å². The normalized spacial score (nSPS) is 9.82. The van der Waals surface area contributed by atoms with Crippen molar-refractivity contribution in [3.05, 3.63) is 29.3 Å². The van der Waals surface area contributed by atoms with E-state index in [-0.39, 0.29) is 12.2 Å². The van der Waals surface area contributed by atoms with Crippen molar-refractivity contribution in [2.75, 3.05) is 13.2 Å². The van der Waals surface area contributed by atoms with Gasteiger partial charge in [0.1, 0.15) is 5.75 Å². The van der Waals surface area contributed by atoms with E-state index in [1.807, 2.05) is 13.8 Å². The lowest BCUT2D eigenvalue weighted by molar-refractivity contribution is -0.137. The van der Waals surface area contributed by atoms with Crippen molar-refractivity contribution in [1.29, 1.82) is 0 Å². The first-order valence-electron chi connectivity index (χ1n) is 5.55. The minimum absolute atomic E-state index is 0.189. The summed E-state index contributed by atoms with van der Waals surface area (Å²) in [7, 11) is 0. The number of ketones is 1. The Kier molecular flexibility index (Phi) is 4.69. The molecule has 0 spiro atoms. The van der Waals surface area contributed by atoms with E-state index in [4.69, 9.17) is 4.74 Å². The summed E-state index contributed by atoms with van der Waals surface area (Å²) in [6, 6.07) is 4.91. The summed E-state index contributed by atoms with van der Waals surface area (Å²) in [5.41, 5.74) is 1.21. The molecule has 0 unspecified atom stereocenters. The number of benzene rings is 1. The standard InChI is InChI=1S/C13H16O4/c1-4-16-11-8-10(7-6-9(11)3)12(14)13(15)17-5-2/h6-8H,4-5H2,1-3H3. The van der Waals surface area contributed by atoms with E-state index in [2.05, 4.69) is 4.74 Å². The van der Waals surface area contributed by atoms with Crippen molar-refractivity contribution in [2.45, 2.75) is 20.8 Å². The van der Waals surface area contributed by atoms with Crippen LogP contribution in [0.2, 0.25) is 0 Å². The SMILES string of the molecule is CCOC(=O)C(=O)c1ccc(C)c(OCC)c1. The first kappa shape index (κ1) is 13.2. The van der Waals surface area contributed by atoms with Gasteiger partial charge in [0.05, 0.1) is 13.2 Å². The lowest BCUT2D eigenvalue weighted by atomic mass is 10.1. The summed E-state index contributed by atoms with van der Waals surface area (Å²) in [5, 5.41) is 0. The molecule has 0 aromatic heterocycles. The molecule has 0 amide bonds. The second kappa shape index (κ2) is 6.03. The molecule has 1 aromatic carbocycles. The van der Waals surface area contributed by atoms with Crippen LogP contribution in [0.25, 0.3) is 0 Å². The predicted octanol–water partition coefficient (Wildman–Crippen LogP) is 2.14. The van der Waals surface area contributed by atoms with Crippen molar-refractivity contribution in [2.24, 2.45) is 0 Å². The van der Waals surface area contributed by atoms with E-state index in [1.54, 1.807) is 25.1 Å². The summed E-state index contributed by atoms with van der Waals surface area (Å²) >= 11 is 0. The molecule has 0 saturated carbocycles. The minimum atomic E-state index is -0.834. The van der Waals surface area contributed by atoms with Crippen molar-refractivity contribution in [1.82, 2.24) is 0 Å². The van der Waals surface area contributed by atoms with Crippen molar-refractivity contribution < 1.29 is 19.1 Å². The molecule has 0 heterocycles. The molecular weight excluding hydrogens is 220 g/mol. The molecule has 0 saturated heterocycles. The molecule has 4 heteroatoms. The van der Waals surface area contributed by atoms with Crippen LogP contribution in [-0.4, -0.2) is 25.0 Å². The van der Waals surface area contributed by atoms with E-state index >= 15 is 0 Å². The van der Waals surface area contributed by atoms with Crippen LogP contribution in [0.3, 0.4) is 0 Å². The fourth-order valence-corrected chi connectivity index (χ4v) is 1.37. The Bertz CT molecular complexity index is 423. The molecule has 0 fully saturated rings. The van der Waals surface area contributed by atoms with Crippen LogP contribution in [0, 0.1) is 6.92 Å². The fraction of sp³-hybridized carbons (Fsp3) is 0.385. The van der Waals surface area contributed by atoms with Gasteiger partial charge in [-0.15, -0.1) is 0 Å². The maximum Gasteiger partial charge on any atom is 0.379 e. The summed E-state index contributed by atoms with van der Waals surface area (Å²) < 4.78 is 10.0. The third-order valence-corrected chi connectivity index (χ3v) is 2.21. The Morgan fingerprint density at radius 2 is 1.88 bits per heavy atom. The van der Waals surface area contributed by atoms with Crippen LogP contribution in [0.5, 0.6) is 5.75 Å². The van der Waals surface area contributed by atoms with E-state index < -0.39 is 11.8 Å². The zero-order valence-electron chi connectivity index (χ0n) is 10.3. The average Bonchev–Trinajstić information content (AvgIpc) is 2.31. The largest absolute Gasteiger partial charge is 0.494 e. The monoisotopic (exact) mass is 236 g/mol. The van der Waals surface area contributed by atoms with Gasteiger partial charge in [-0.2, -0.15) is 0 Å². The smallest absolute Gasteiger partial charge is 0.379 e. The van der Waals surface area contributed by atoms with E-state index in [1.165, 1.54) is 0 Å². The molecule has 0 radical (unpaired) electrons. The maximum absolute atomic E-state index is 11.7. The third kappa shape index (κ3) is 3.31. The number of aryl methyl sites for hydroxylation is 1. The maximum atomic E-state index is 11.7. The molecule has 17 heavy (non-hydrogen) atoms. The van der Waals surface area contributed by atoms with E-state index in [9.17, 15) is 9.59 Å². The highest BCUT2D eigenvalue weighted by atomic mass is 16.5. The Morgan fingerprint density at radius 3 is 2.47 bits per heavy atom. The van der Waals surface area contributed by atoms with Gasteiger partial charge >= 0.3 is 5.97 Å². The second-order valence-corrected chi connectivity index (χ2v) is 3.46. The van der Waals surface area contributed by atoms with Crippen LogP contribution in [-0.2, 0) is 9.53 Å². The first-order valence-corrected chi connectivity index (χ1v) is 5.55. The van der Waals surface area contributed by atoms with Gasteiger partial charge in [0.25, 0.3) is 5.78 Å². The van der Waals surface area contributed by atoms with Gasteiger partial charge in [0.2, 0.25) is 0 Å². The summed E-state index contributed by atoms with van der Waals surface area (Å²) in [5.74, 6) is -0.866. The molecule has 92 valence electrons. The molecule has 0 atom stereocenters. The average molecular weight is 236 g/mol. The Balaban J connectivity index is 2.95. The molecule has 4 nitrogen and oxygen atoms in total. The highest BCUT2D eigenvalue weighted by molar-refractivity contribution is 6.40. The number of esters is 1. The van der Waals surface area contributed by atoms with Gasteiger partial charge in [-0.25, -0.2) is 4.79 Å². The molecule has 0 aliphatic heterocycles. The molecule has 0 aliphatic rings. The first-order chi connectivity index (χ1) is 8.10. The zero-order valence-corrected chi connectivity index (χ0v) is 10.3. The molecular formula is C13H16O4. The topological polar surface area (TPSA) is 52.6 Å². The summed E-state index contributed by atoms with van der Waals surface area (Å²) in [6.45, 7) is 6.10. The van der Waals surface area contributed by atoms with Gasteiger partial charge in [0, 0.05) is 5.56 Å². The third-order valence-electron chi connectivity index (χ3n) is 2.21. The lowest BCUT2D eigenvalue weighted by Crippen LogP contribution is -2.17. The number of rotatable bonds is 5. The lowest BCUT2D eigenvalue weighted by Gasteiger charge is -2.08. The number of carbonyl (C=O) groups excluding carboxylic acids is 2. The van der Waals surface area contributed by atoms with Gasteiger partial charge in [-0.05, 0) is 32.4 Å². The highest BCUT2D eigenvalue weighted by Gasteiger charge is 2.18. The number of Topliss-reactive ketones (excluding diaryl/α,β-unsaturated/α-hetero) is 1. The molecule has 0 bridgehead atoms. The van der Waals surface area contributed by atoms with E-state index in [0.717, 1.165) is 5.56 Å². The Labute approximate surface area is 101 Å². The van der Waals surface area contributed by atoms with Crippen LogP contribution >= 0.6 is 0 Å². The van der Waals surface area contributed by atoms with Crippen LogP contribution < -0.4 is 4.74 Å². The van der Waals surface area contributed by atoms with Crippen molar-refractivity contribution in [3.63, 3.8) is 0 Å². The number of hydrogen-bond donors (Lipinski definition) is 0. The van der Waals surface area contributed by atoms with Crippen LogP contribution in [0.4, 0.5) is 0 Å². The van der Waals surface area contributed by atoms with Gasteiger partial charge < -0.3 is 9.47 Å². The van der Waals surface area contributed by atoms with Gasteiger partial charge in [-0.1, -0.05) is 12.1 Å². The summed E-state index contributed by atoms with van der Waals surface area (Å²) in [6.07, 6.45) is 0. The second-order valence-electron chi connectivity index (χ2n) is 3.46. The zero-order chi connectivity index (χ0) is 12.8. The van der Waals surface area contributed by atoms with Crippen molar-refractivity contribution in [3.8, 4) is 5.75 Å². The summed E-state index contributed by atoms with van der Waals surface area (Å²) in [4.78, 5) is 23.0. The number of carbonyl (C=O) groups is 2.